The number of nitrogens with two attached hydrogens (primary N) is 3. The molecular formula is C24H34N12O6. The number of aromatic amines is 1. The first-order valence-electron chi connectivity index (χ1n) is 11.7. The van der Waals surface area contributed by atoms with E-state index in [-0.39, 0.29) is 56.4 Å². The van der Waals surface area contributed by atoms with Gasteiger partial charge >= 0.3 is 7.40 Å². The Kier molecular flexibility index (Phi) is 12.8. The molecule has 1 aromatic carbocycles. The summed E-state index contributed by atoms with van der Waals surface area (Å²) >= 11 is 0. The summed E-state index contributed by atoms with van der Waals surface area (Å²) in [6, 6.07) is 4.78. The van der Waals surface area contributed by atoms with E-state index in [1.54, 1.807) is 26.2 Å². The molecule has 2 heterocycles. The molecule has 0 spiro atoms. The van der Waals surface area contributed by atoms with Gasteiger partial charge in [-0.3, -0.25) is 20.0 Å². The predicted molar refractivity (Wildman–Crippen MR) is 154 cm³/mol. The van der Waals surface area contributed by atoms with E-state index in [4.69, 9.17) is 27.7 Å². The Hall–Kier alpha value is -5.81. The van der Waals surface area contributed by atoms with Crippen molar-refractivity contribution in [1.82, 2.24) is 30.2 Å². The SMILES string of the molecule is C.CN(C)C(=N)N=C(N)N.Nc1nc2ncc(CNc3ccc(C(=O)N[C@H](CCC(=O)[O-])C(=O)O)cc3)nc2c(=O)[nH]1.[H+]. The molecule has 0 aliphatic heterocycles. The largest absolute Gasteiger partial charge is 1.00 e. The number of amides is 1. The highest BCUT2D eigenvalue weighted by molar-refractivity contribution is 5.97. The van der Waals surface area contributed by atoms with Crippen molar-refractivity contribution in [3.63, 3.8) is 0 Å². The highest BCUT2D eigenvalue weighted by atomic mass is 16.4. The summed E-state index contributed by atoms with van der Waals surface area (Å²) in [4.78, 5) is 65.3. The van der Waals surface area contributed by atoms with Crippen LogP contribution in [0.15, 0.2) is 40.2 Å². The van der Waals surface area contributed by atoms with Crippen molar-refractivity contribution in [2.75, 3.05) is 25.1 Å². The van der Waals surface area contributed by atoms with Crippen molar-refractivity contribution in [3.8, 4) is 0 Å². The fraction of sp³-hybridized carbons (Fsp3) is 0.292. The molecule has 11 N–H and O–H groups in total. The molecular weight excluding hydrogens is 552 g/mol. The minimum atomic E-state index is -1.40. The molecule has 18 heteroatoms. The minimum absolute atomic E-state index is 0. The first-order chi connectivity index (χ1) is 19.3. The van der Waals surface area contributed by atoms with E-state index in [1.165, 1.54) is 23.2 Å². The van der Waals surface area contributed by atoms with E-state index in [9.17, 15) is 24.3 Å². The van der Waals surface area contributed by atoms with Gasteiger partial charge in [-0.15, -0.1) is 0 Å². The van der Waals surface area contributed by atoms with Gasteiger partial charge in [-0.05, 0) is 37.1 Å². The van der Waals surface area contributed by atoms with E-state index in [2.05, 4.69) is 35.6 Å². The number of rotatable bonds is 9. The Morgan fingerprint density at radius 1 is 1.21 bits per heavy atom. The highest BCUT2D eigenvalue weighted by Gasteiger charge is 2.20. The maximum absolute atomic E-state index is 12.3. The molecule has 0 saturated carbocycles. The van der Waals surface area contributed by atoms with E-state index in [0.717, 1.165) is 0 Å². The van der Waals surface area contributed by atoms with Crippen molar-refractivity contribution in [1.29, 1.82) is 5.41 Å². The number of fused-ring (bicyclic) bond motifs is 1. The average molecular weight is 587 g/mol. The second-order valence-corrected chi connectivity index (χ2v) is 8.45. The van der Waals surface area contributed by atoms with Crippen LogP contribution in [0.3, 0.4) is 0 Å². The summed E-state index contributed by atoms with van der Waals surface area (Å²) in [7, 11) is 3.38. The molecule has 1 amide bonds. The van der Waals surface area contributed by atoms with Crippen LogP contribution < -0.4 is 38.5 Å². The number of carboxylic acids is 2. The Morgan fingerprint density at radius 3 is 2.38 bits per heavy atom. The number of anilines is 2. The number of hydrogen-bond donors (Lipinski definition) is 8. The Morgan fingerprint density at radius 2 is 1.86 bits per heavy atom. The van der Waals surface area contributed by atoms with Gasteiger partial charge in [0, 0.05) is 31.3 Å². The van der Waals surface area contributed by atoms with Crippen molar-refractivity contribution < 1.29 is 26.0 Å². The maximum atomic E-state index is 12.3. The third-order valence-corrected chi connectivity index (χ3v) is 5.01. The van der Waals surface area contributed by atoms with Gasteiger partial charge in [0.2, 0.25) is 11.9 Å². The molecule has 226 valence electrons. The normalized spacial score (nSPS) is 10.6. The molecule has 0 aliphatic carbocycles. The number of guanidine groups is 2. The monoisotopic (exact) mass is 586 g/mol. The molecule has 1 atom stereocenters. The van der Waals surface area contributed by atoms with Crippen LogP contribution in [0.1, 0.15) is 37.7 Å². The fourth-order valence-corrected chi connectivity index (χ4v) is 2.97. The van der Waals surface area contributed by atoms with Crippen LogP contribution in [0.5, 0.6) is 0 Å². The standard InChI is InChI=1S/C19H19N7O6.C4H11N5.CH4/c20-19-25-15-14(17(30)26-19)23-11(8-22-15)7-21-10-3-1-9(2-4-10)16(29)24-12(18(31)32)5-6-13(27)28;1-9(2)4(7)8-3(5)6;/h1-4,8,12,21H,5-7H2,(H,24,29)(H,27,28)(H,31,32)(H3,20,22,25,26,30);1-2H3,(H5,5,6,7,8);1H4/t12-;;/m1../s1. The lowest BCUT2D eigenvalue weighted by molar-refractivity contribution is -0.305. The quantitative estimate of drug-likeness (QED) is 0.101. The zero-order chi connectivity index (χ0) is 30.7. The lowest BCUT2D eigenvalue weighted by Crippen LogP contribution is -2.41. The third kappa shape index (κ3) is 10.8. The number of aromatic nitrogens is 4. The van der Waals surface area contributed by atoms with E-state index >= 15 is 0 Å². The number of benzene rings is 1. The van der Waals surface area contributed by atoms with E-state index in [0.29, 0.717) is 11.4 Å². The molecule has 18 nitrogen and oxygen atoms in total. The van der Waals surface area contributed by atoms with Crippen LogP contribution in [-0.4, -0.2) is 79.8 Å². The molecule has 3 rings (SSSR count). The van der Waals surface area contributed by atoms with Gasteiger partial charge in [0.25, 0.3) is 11.5 Å². The number of carbonyl (C=O) groups excluding carboxylic acids is 2. The number of nitrogen functional groups attached to an aromatic ring is 1. The number of aliphatic imine (C=N–C) groups is 1. The van der Waals surface area contributed by atoms with Crippen molar-refractivity contribution >= 4 is 52.6 Å². The molecule has 0 saturated heterocycles. The van der Waals surface area contributed by atoms with Gasteiger partial charge in [0.15, 0.2) is 17.1 Å². The molecule has 2 aromatic heterocycles. The summed E-state index contributed by atoms with van der Waals surface area (Å²) in [5, 5.41) is 32.0. The number of aliphatic carboxylic acids is 2. The number of nitrogens with zero attached hydrogens (tertiary/aromatic N) is 5. The molecule has 0 unspecified atom stereocenters. The average Bonchev–Trinajstić information content (AvgIpc) is 2.89. The number of nitrogens with one attached hydrogen (secondary N) is 4. The van der Waals surface area contributed by atoms with Crippen LogP contribution >= 0.6 is 0 Å². The summed E-state index contributed by atoms with van der Waals surface area (Å²) in [6.07, 6.45) is 0.662. The summed E-state index contributed by atoms with van der Waals surface area (Å²) < 4.78 is 0. The fourth-order valence-electron chi connectivity index (χ4n) is 2.97. The first kappa shape index (κ1) is 34.2. The Bertz CT molecular complexity index is 1510. The topological polar surface area (TPSA) is 308 Å². The van der Waals surface area contributed by atoms with Gasteiger partial charge in [-0.25, -0.2) is 14.8 Å². The molecule has 0 bridgehead atoms. The second-order valence-electron chi connectivity index (χ2n) is 8.45. The Labute approximate surface area is 241 Å². The molecule has 3 aromatic rings. The number of H-pyrrole nitrogens is 1. The summed E-state index contributed by atoms with van der Waals surface area (Å²) in [5.74, 6) is -3.49. The van der Waals surface area contributed by atoms with Crippen molar-refractivity contribution in [3.05, 3.63) is 52.1 Å². The van der Waals surface area contributed by atoms with E-state index < -0.39 is 35.9 Å². The van der Waals surface area contributed by atoms with Gasteiger partial charge in [0.05, 0.1) is 18.4 Å². The summed E-state index contributed by atoms with van der Waals surface area (Å²) in [6.45, 7) is 0.225. The first-order valence-corrected chi connectivity index (χ1v) is 11.7. The maximum Gasteiger partial charge on any atom is 1.00 e. The molecule has 0 radical (unpaired) electrons. The van der Waals surface area contributed by atoms with Crippen molar-refractivity contribution in [2.24, 2.45) is 16.5 Å². The third-order valence-electron chi connectivity index (χ3n) is 5.01. The molecule has 0 aliphatic rings. The summed E-state index contributed by atoms with van der Waals surface area (Å²) in [5.41, 5.74) is 16.4. The van der Waals surface area contributed by atoms with Gasteiger partial charge in [0.1, 0.15) is 6.04 Å². The Balaban J connectivity index is 0.00000140. The van der Waals surface area contributed by atoms with Crippen LogP contribution in [0.2, 0.25) is 0 Å². The molecule has 0 fully saturated rings. The smallest absolute Gasteiger partial charge is 0.550 e. The highest BCUT2D eigenvalue weighted by Crippen LogP contribution is 2.12. The zero-order valence-electron chi connectivity index (χ0n) is 23.0. The minimum Gasteiger partial charge on any atom is -0.550 e. The lowest BCUT2D eigenvalue weighted by atomic mass is 10.1. The number of carbonyl (C=O) groups is 3. The van der Waals surface area contributed by atoms with Gasteiger partial charge < -0.3 is 47.7 Å². The van der Waals surface area contributed by atoms with Gasteiger partial charge in [-0.2, -0.15) is 9.98 Å². The zero-order valence-corrected chi connectivity index (χ0v) is 22.0. The molecule has 42 heavy (non-hydrogen) atoms. The van der Waals surface area contributed by atoms with Crippen molar-refractivity contribution in [2.45, 2.75) is 32.9 Å². The van der Waals surface area contributed by atoms with Crippen LogP contribution in [0.4, 0.5) is 11.6 Å². The van der Waals surface area contributed by atoms with Crippen LogP contribution in [0.25, 0.3) is 11.2 Å². The second kappa shape index (κ2) is 15.7. The van der Waals surface area contributed by atoms with E-state index in [1.807, 2.05) is 0 Å². The van der Waals surface area contributed by atoms with Crippen LogP contribution in [0, 0.1) is 5.41 Å². The van der Waals surface area contributed by atoms with Gasteiger partial charge in [-0.1, -0.05) is 7.43 Å². The van der Waals surface area contributed by atoms with Crippen LogP contribution in [-0.2, 0) is 16.1 Å². The number of hydrogen-bond acceptors (Lipinski definition) is 11. The lowest BCUT2D eigenvalue weighted by Gasteiger charge is -2.15. The number of carboxylic acid groups (broad SMARTS) is 2. The predicted octanol–water partition coefficient (Wildman–Crippen LogP) is -1.87.